The van der Waals surface area contributed by atoms with Gasteiger partial charge in [0.1, 0.15) is 20.5 Å². The molecule has 0 fully saturated rings. The van der Waals surface area contributed by atoms with Gasteiger partial charge in [-0.15, -0.1) is 11.3 Å². The predicted molar refractivity (Wildman–Crippen MR) is 149 cm³/mol. The molecule has 0 radical (unpaired) electrons. The number of benzene rings is 1. The number of hydrogen-bond acceptors (Lipinski definition) is 10. The van der Waals surface area contributed by atoms with Gasteiger partial charge in [-0.3, -0.25) is 9.40 Å². The highest BCUT2D eigenvalue weighted by Gasteiger charge is 2.22. The summed E-state index contributed by atoms with van der Waals surface area (Å²) < 4.78 is 66.7. The number of sulfone groups is 1. The Kier molecular flexibility index (Phi) is 8.32. The first-order valence-electron chi connectivity index (χ1n) is 11.9. The summed E-state index contributed by atoms with van der Waals surface area (Å²) in [6.45, 7) is 4.38. The van der Waals surface area contributed by atoms with Gasteiger partial charge in [0.15, 0.2) is 0 Å². The van der Waals surface area contributed by atoms with Crippen molar-refractivity contribution in [2.45, 2.75) is 31.1 Å². The predicted octanol–water partition coefficient (Wildman–Crippen LogP) is 3.91. The van der Waals surface area contributed by atoms with Gasteiger partial charge < -0.3 is 5.32 Å². The summed E-state index contributed by atoms with van der Waals surface area (Å²) in [4.78, 5) is 14.2. The first-order valence-corrected chi connectivity index (χ1v) is 16.3. The third-order valence-electron chi connectivity index (χ3n) is 5.48. The molecule has 0 saturated carbocycles. The Bertz CT molecular complexity index is 1700. The summed E-state index contributed by atoms with van der Waals surface area (Å²) in [5.74, 6) is -0.263. The van der Waals surface area contributed by atoms with Gasteiger partial charge in [-0.1, -0.05) is 13.8 Å². The molecule has 3 aromatic heterocycles. The summed E-state index contributed by atoms with van der Waals surface area (Å²) in [5, 5.41) is 7.73. The molecule has 39 heavy (non-hydrogen) atoms. The molecule has 0 spiro atoms. The van der Waals surface area contributed by atoms with E-state index in [2.05, 4.69) is 25.1 Å². The number of sulfonamides is 1. The number of aryl methyl sites for hydroxylation is 1. The normalized spacial score (nSPS) is 12.2. The topological polar surface area (TPSA) is 149 Å². The molecule has 0 bridgehead atoms. The second-order valence-corrected chi connectivity index (χ2v) is 14.2. The summed E-state index contributed by atoms with van der Waals surface area (Å²) in [6.07, 6.45) is 5.67. The van der Waals surface area contributed by atoms with E-state index in [0.29, 0.717) is 40.7 Å². The molecular weight excluding hydrogens is 566 g/mol. The van der Waals surface area contributed by atoms with E-state index >= 15 is 0 Å². The smallest absolute Gasteiger partial charge is 0.265 e. The van der Waals surface area contributed by atoms with Crippen LogP contribution in [0.25, 0.3) is 21.8 Å². The number of nitrogens with zero attached hydrogens (tertiary/aromatic N) is 5. The maximum Gasteiger partial charge on any atom is 0.265 e. The number of halogens is 1. The number of nitrogens with one attached hydrogen (secondary N) is 2. The lowest BCUT2D eigenvalue weighted by Crippen LogP contribution is -2.13. The molecule has 1 aromatic carbocycles. The van der Waals surface area contributed by atoms with Crippen molar-refractivity contribution in [3.8, 4) is 21.8 Å². The van der Waals surface area contributed by atoms with Gasteiger partial charge in [0.2, 0.25) is 5.95 Å². The van der Waals surface area contributed by atoms with E-state index in [4.69, 9.17) is 4.98 Å². The Morgan fingerprint density at radius 2 is 1.90 bits per heavy atom. The van der Waals surface area contributed by atoms with Crippen molar-refractivity contribution in [3.63, 3.8) is 0 Å². The molecule has 4 rings (SSSR count). The first kappa shape index (κ1) is 28.6. The molecule has 208 valence electrons. The van der Waals surface area contributed by atoms with Gasteiger partial charge in [-0.25, -0.2) is 36.2 Å². The largest absolute Gasteiger partial charge is 0.354 e. The van der Waals surface area contributed by atoms with Gasteiger partial charge in [-0.05, 0) is 30.7 Å². The highest BCUT2D eigenvalue weighted by Crippen LogP contribution is 2.39. The van der Waals surface area contributed by atoms with Crippen LogP contribution in [0.4, 0.5) is 16.0 Å². The molecule has 0 unspecified atom stereocenters. The minimum atomic E-state index is -4.07. The van der Waals surface area contributed by atoms with Crippen LogP contribution in [0.15, 0.2) is 47.8 Å². The second-order valence-electron chi connectivity index (χ2n) is 9.21. The van der Waals surface area contributed by atoms with Crippen molar-refractivity contribution in [2.75, 3.05) is 28.6 Å². The van der Waals surface area contributed by atoms with Crippen LogP contribution in [0, 0.1) is 5.82 Å². The van der Waals surface area contributed by atoms with E-state index in [9.17, 15) is 21.2 Å². The van der Waals surface area contributed by atoms with Crippen molar-refractivity contribution in [3.05, 3.63) is 53.7 Å². The van der Waals surface area contributed by atoms with Crippen molar-refractivity contribution >= 4 is 42.8 Å². The van der Waals surface area contributed by atoms with Gasteiger partial charge in [0.05, 0.1) is 38.9 Å². The van der Waals surface area contributed by atoms with Crippen molar-refractivity contribution < 1.29 is 21.2 Å². The van der Waals surface area contributed by atoms with Crippen LogP contribution in [-0.4, -0.2) is 60.1 Å². The van der Waals surface area contributed by atoms with Gasteiger partial charge in [-0.2, -0.15) is 5.10 Å². The quantitative estimate of drug-likeness (QED) is 0.247. The molecule has 0 aliphatic rings. The van der Waals surface area contributed by atoms with Crippen LogP contribution >= 0.6 is 11.3 Å². The minimum absolute atomic E-state index is 0.0495. The summed E-state index contributed by atoms with van der Waals surface area (Å²) >= 11 is 1.43. The Morgan fingerprint density at radius 3 is 2.56 bits per heavy atom. The molecule has 15 heteroatoms. The van der Waals surface area contributed by atoms with Crippen LogP contribution in [0.1, 0.15) is 31.2 Å². The fraction of sp³-hybridized carbons (Fsp3) is 0.333. The fourth-order valence-electron chi connectivity index (χ4n) is 3.55. The Hall–Kier alpha value is -3.43. The monoisotopic (exact) mass is 593 g/mol. The van der Waals surface area contributed by atoms with Crippen LogP contribution in [0.2, 0.25) is 0 Å². The van der Waals surface area contributed by atoms with Crippen LogP contribution in [0.3, 0.4) is 0 Å². The van der Waals surface area contributed by atoms with Gasteiger partial charge in [0.25, 0.3) is 10.0 Å². The Balaban J connectivity index is 1.67. The lowest BCUT2D eigenvalue weighted by Gasteiger charge is -2.10. The highest BCUT2D eigenvalue weighted by molar-refractivity contribution is 7.92. The van der Waals surface area contributed by atoms with Crippen molar-refractivity contribution in [1.29, 1.82) is 0 Å². The summed E-state index contributed by atoms with van der Waals surface area (Å²) in [7, 11) is -5.55. The number of aromatic nitrogens is 5. The Labute approximate surface area is 230 Å². The molecule has 4 aromatic rings. The first-order chi connectivity index (χ1) is 18.3. The maximum absolute atomic E-state index is 14.7. The SMILES string of the molecule is CC(C)c1nc(-c2ccc(F)c(NS(=O)(=O)c3cnn(C)c3)c2)c(-c2ccnc(NCCCS(C)(=O)=O)n2)s1. The zero-order chi connectivity index (χ0) is 28.4. The molecule has 0 amide bonds. The lowest BCUT2D eigenvalue weighted by molar-refractivity contribution is 0.597. The molecule has 0 saturated heterocycles. The molecule has 11 nitrogen and oxygen atoms in total. The van der Waals surface area contributed by atoms with E-state index < -0.39 is 25.7 Å². The Morgan fingerprint density at radius 1 is 1.13 bits per heavy atom. The number of thiazole rings is 1. The van der Waals surface area contributed by atoms with Crippen molar-refractivity contribution in [2.24, 2.45) is 7.05 Å². The van der Waals surface area contributed by atoms with Crippen LogP contribution in [0.5, 0.6) is 0 Å². The summed E-state index contributed by atoms with van der Waals surface area (Å²) in [6, 6.07) is 5.84. The van der Waals surface area contributed by atoms with E-state index in [-0.39, 0.29) is 22.3 Å². The minimum Gasteiger partial charge on any atom is -0.354 e. The molecule has 0 aliphatic carbocycles. The second kappa shape index (κ2) is 11.4. The third-order valence-corrected chi connectivity index (χ3v) is 9.21. The average Bonchev–Trinajstić information content (AvgIpc) is 3.50. The molecule has 0 aliphatic heterocycles. The van der Waals surface area contributed by atoms with E-state index in [1.54, 1.807) is 19.3 Å². The van der Waals surface area contributed by atoms with Gasteiger partial charge in [0, 0.05) is 43.7 Å². The molecule has 0 atom stereocenters. The van der Waals surface area contributed by atoms with E-state index in [1.807, 2.05) is 13.8 Å². The fourth-order valence-corrected chi connectivity index (χ4v) is 6.32. The standard InChI is InChI=1S/C24H28FN7O4S3/c1-15(2)23-30-21(22(37-23)19-8-10-27-24(29-19)26-9-5-11-38(4,33)34)16-6-7-18(25)20(12-16)31-39(35,36)17-13-28-32(3)14-17/h6-8,10,12-15,31H,5,9,11H2,1-4H3,(H,26,27,29). The zero-order valence-corrected chi connectivity index (χ0v) is 24.2. The molecular formula is C24H28FN7O4S3. The van der Waals surface area contributed by atoms with Crippen LogP contribution in [-0.2, 0) is 26.9 Å². The molecule has 2 N–H and O–H groups in total. The van der Waals surface area contributed by atoms with Crippen LogP contribution < -0.4 is 10.0 Å². The third kappa shape index (κ3) is 7.16. The highest BCUT2D eigenvalue weighted by atomic mass is 32.2. The van der Waals surface area contributed by atoms with Gasteiger partial charge >= 0.3 is 0 Å². The molecule has 3 heterocycles. The zero-order valence-electron chi connectivity index (χ0n) is 21.7. The van der Waals surface area contributed by atoms with E-state index in [1.165, 1.54) is 52.9 Å². The number of anilines is 2. The lowest BCUT2D eigenvalue weighted by atomic mass is 10.1. The van der Waals surface area contributed by atoms with E-state index in [0.717, 1.165) is 5.01 Å². The number of hydrogen-bond donors (Lipinski definition) is 2. The number of rotatable bonds is 11. The maximum atomic E-state index is 14.7. The average molecular weight is 594 g/mol. The summed E-state index contributed by atoms with van der Waals surface area (Å²) in [5.41, 5.74) is 1.36. The van der Waals surface area contributed by atoms with Crippen molar-refractivity contribution in [1.82, 2.24) is 24.7 Å².